The molecule has 0 amide bonds. The van der Waals surface area contributed by atoms with Gasteiger partial charge in [-0.15, -0.1) is 0 Å². The predicted octanol–water partition coefficient (Wildman–Crippen LogP) is 3.75. The summed E-state index contributed by atoms with van der Waals surface area (Å²) in [6, 6.07) is 8.70. The third-order valence-electron chi connectivity index (χ3n) is 2.65. The van der Waals surface area contributed by atoms with Crippen molar-refractivity contribution < 1.29 is 0 Å². The van der Waals surface area contributed by atoms with Gasteiger partial charge in [-0.3, -0.25) is 0 Å². The summed E-state index contributed by atoms with van der Waals surface area (Å²) in [4.78, 5) is 4.54. The molecule has 0 aliphatic carbocycles. The molecular weight excluding hydrogens is 204 g/mol. The van der Waals surface area contributed by atoms with Crippen molar-refractivity contribution in [2.75, 3.05) is 5.32 Å². The van der Waals surface area contributed by atoms with E-state index in [0.29, 0.717) is 12.0 Å². The highest BCUT2D eigenvalue weighted by Crippen LogP contribution is 2.26. The number of nitrogens with one attached hydrogen (secondary N) is 1. The van der Waals surface area contributed by atoms with Crippen molar-refractivity contribution >= 4 is 26.7 Å². The Hall–Kier alpha value is -1.09. The SMILES string of the molecule is CC(C)C(C)Nc1nc2ccccc2s1. The van der Waals surface area contributed by atoms with Crippen LogP contribution in [0, 0.1) is 5.92 Å². The standard InChI is InChI=1S/C12H16N2S/c1-8(2)9(3)13-12-14-10-6-4-5-7-11(10)15-12/h4-9H,1-3H3,(H,13,14). The smallest absolute Gasteiger partial charge is 0.184 e. The van der Waals surface area contributed by atoms with E-state index in [1.807, 2.05) is 6.07 Å². The average Bonchev–Trinajstić information content (AvgIpc) is 2.59. The van der Waals surface area contributed by atoms with Crippen LogP contribution in [0.1, 0.15) is 20.8 Å². The lowest BCUT2D eigenvalue weighted by Crippen LogP contribution is -2.21. The first-order valence-corrected chi connectivity index (χ1v) is 6.10. The quantitative estimate of drug-likeness (QED) is 0.852. The first kappa shape index (κ1) is 10.4. The maximum absolute atomic E-state index is 4.54. The molecule has 80 valence electrons. The number of thiazole rings is 1. The van der Waals surface area contributed by atoms with Crippen LogP contribution in [0.15, 0.2) is 24.3 Å². The number of hydrogen-bond donors (Lipinski definition) is 1. The molecule has 2 aromatic rings. The zero-order valence-electron chi connectivity index (χ0n) is 9.32. The molecule has 0 saturated carbocycles. The van der Waals surface area contributed by atoms with Crippen LogP contribution in [0.4, 0.5) is 5.13 Å². The lowest BCUT2D eigenvalue weighted by molar-refractivity contribution is 0.560. The van der Waals surface area contributed by atoms with Crippen LogP contribution in [-0.2, 0) is 0 Å². The van der Waals surface area contributed by atoms with Gasteiger partial charge in [-0.05, 0) is 25.0 Å². The molecule has 1 unspecified atom stereocenters. The highest BCUT2D eigenvalue weighted by atomic mass is 32.1. The van der Waals surface area contributed by atoms with Gasteiger partial charge in [0.2, 0.25) is 0 Å². The third-order valence-corrected chi connectivity index (χ3v) is 3.61. The van der Waals surface area contributed by atoms with Crippen molar-refractivity contribution in [3.8, 4) is 0 Å². The van der Waals surface area contributed by atoms with Gasteiger partial charge in [-0.25, -0.2) is 4.98 Å². The van der Waals surface area contributed by atoms with E-state index < -0.39 is 0 Å². The van der Waals surface area contributed by atoms with E-state index in [1.54, 1.807) is 11.3 Å². The molecule has 3 heteroatoms. The summed E-state index contributed by atoms with van der Waals surface area (Å²) in [5.74, 6) is 0.622. The van der Waals surface area contributed by atoms with Gasteiger partial charge in [0.05, 0.1) is 10.2 Å². The molecular formula is C12H16N2S. The van der Waals surface area contributed by atoms with Gasteiger partial charge in [0, 0.05) is 6.04 Å². The summed E-state index contributed by atoms with van der Waals surface area (Å²) >= 11 is 1.72. The summed E-state index contributed by atoms with van der Waals surface area (Å²) in [5, 5.41) is 4.46. The Labute approximate surface area is 94.3 Å². The molecule has 1 aromatic heterocycles. The zero-order valence-corrected chi connectivity index (χ0v) is 10.1. The Morgan fingerprint density at radius 1 is 1.20 bits per heavy atom. The minimum Gasteiger partial charge on any atom is -0.359 e. The van der Waals surface area contributed by atoms with Crippen molar-refractivity contribution in [2.45, 2.75) is 26.8 Å². The minimum absolute atomic E-state index is 0.463. The van der Waals surface area contributed by atoms with Crippen molar-refractivity contribution in [3.05, 3.63) is 24.3 Å². The van der Waals surface area contributed by atoms with Crippen LogP contribution in [-0.4, -0.2) is 11.0 Å². The van der Waals surface area contributed by atoms with Gasteiger partial charge >= 0.3 is 0 Å². The van der Waals surface area contributed by atoms with Crippen LogP contribution in [0.5, 0.6) is 0 Å². The predicted molar refractivity (Wildman–Crippen MR) is 67.5 cm³/mol. The number of nitrogens with zero attached hydrogens (tertiary/aromatic N) is 1. The molecule has 1 heterocycles. The summed E-state index contributed by atoms with van der Waals surface area (Å²) in [6.45, 7) is 6.62. The molecule has 1 aromatic carbocycles. The molecule has 0 aliphatic heterocycles. The van der Waals surface area contributed by atoms with Gasteiger partial charge in [-0.2, -0.15) is 0 Å². The van der Waals surface area contributed by atoms with Gasteiger partial charge < -0.3 is 5.32 Å². The Morgan fingerprint density at radius 3 is 2.60 bits per heavy atom. The summed E-state index contributed by atoms with van der Waals surface area (Å²) in [7, 11) is 0. The third kappa shape index (κ3) is 2.29. The normalized spacial score (nSPS) is 13.3. The van der Waals surface area contributed by atoms with Gasteiger partial charge in [0.1, 0.15) is 0 Å². The van der Waals surface area contributed by atoms with Crippen LogP contribution in [0.2, 0.25) is 0 Å². The number of anilines is 1. The fourth-order valence-electron chi connectivity index (χ4n) is 1.30. The van der Waals surface area contributed by atoms with Crippen LogP contribution < -0.4 is 5.32 Å². The summed E-state index contributed by atoms with van der Waals surface area (Å²) in [5.41, 5.74) is 1.08. The maximum atomic E-state index is 4.54. The largest absolute Gasteiger partial charge is 0.359 e. The number of rotatable bonds is 3. The maximum Gasteiger partial charge on any atom is 0.184 e. The Balaban J connectivity index is 2.22. The van der Waals surface area contributed by atoms with Crippen LogP contribution in [0.3, 0.4) is 0 Å². The number of aromatic nitrogens is 1. The topological polar surface area (TPSA) is 24.9 Å². The Bertz CT molecular complexity index is 415. The second-order valence-corrected chi connectivity index (χ2v) is 5.19. The summed E-state index contributed by atoms with van der Waals surface area (Å²) < 4.78 is 1.25. The van der Waals surface area contributed by atoms with Gasteiger partial charge in [0.25, 0.3) is 0 Å². The molecule has 1 N–H and O–H groups in total. The molecule has 15 heavy (non-hydrogen) atoms. The van der Waals surface area contributed by atoms with E-state index in [-0.39, 0.29) is 0 Å². The molecule has 0 radical (unpaired) electrons. The van der Waals surface area contributed by atoms with Gasteiger partial charge in [-0.1, -0.05) is 37.3 Å². The monoisotopic (exact) mass is 220 g/mol. The van der Waals surface area contributed by atoms with Crippen LogP contribution >= 0.6 is 11.3 Å². The average molecular weight is 220 g/mol. The number of fused-ring (bicyclic) bond motifs is 1. The molecule has 2 nitrogen and oxygen atoms in total. The van der Waals surface area contributed by atoms with Crippen LogP contribution in [0.25, 0.3) is 10.2 Å². The highest BCUT2D eigenvalue weighted by molar-refractivity contribution is 7.22. The second-order valence-electron chi connectivity index (χ2n) is 4.16. The van der Waals surface area contributed by atoms with Crippen molar-refractivity contribution in [1.29, 1.82) is 0 Å². The molecule has 0 fully saturated rings. The number of benzene rings is 1. The molecule has 0 bridgehead atoms. The minimum atomic E-state index is 0.463. The molecule has 0 saturated heterocycles. The van der Waals surface area contributed by atoms with E-state index in [0.717, 1.165) is 10.6 Å². The molecule has 0 spiro atoms. The van der Waals surface area contributed by atoms with E-state index in [9.17, 15) is 0 Å². The Morgan fingerprint density at radius 2 is 1.93 bits per heavy atom. The van der Waals surface area contributed by atoms with E-state index in [2.05, 4.69) is 49.3 Å². The fraction of sp³-hybridized carbons (Fsp3) is 0.417. The number of para-hydroxylation sites is 1. The van der Waals surface area contributed by atoms with Gasteiger partial charge in [0.15, 0.2) is 5.13 Å². The first-order chi connectivity index (χ1) is 7.16. The number of hydrogen-bond acceptors (Lipinski definition) is 3. The Kier molecular flexibility index (Phi) is 2.91. The highest BCUT2D eigenvalue weighted by Gasteiger charge is 2.09. The van der Waals surface area contributed by atoms with Crippen molar-refractivity contribution in [2.24, 2.45) is 5.92 Å². The second kappa shape index (κ2) is 4.19. The van der Waals surface area contributed by atoms with Crippen molar-refractivity contribution in [1.82, 2.24) is 4.98 Å². The van der Waals surface area contributed by atoms with E-state index >= 15 is 0 Å². The zero-order chi connectivity index (χ0) is 10.8. The molecule has 0 aliphatic rings. The first-order valence-electron chi connectivity index (χ1n) is 5.29. The molecule has 2 rings (SSSR count). The van der Waals surface area contributed by atoms with E-state index in [4.69, 9.17) is 0 Å². The van der Waals surface area contributed by atoms with Crippen molar-refractivity contribution in [3.63, 3.8) is 0 Å². The lowest BCUT2D eigenvalue weighted by atomic mass is 10.1. The summed E-state index contributed by atoms with van der Waals surface area (Å²) in [6.07, 6.45) is 0. The molecule has 1 atom stereocenters. The fourth-order valence-corrected chi connectivity index (χ4v) is 2.26. The lowest BCUT2D eigenvalue weighted by Gasteiger charge is -2.16. The van der Waals surface area contributed by atoms with E-state index in [1.165, 1.54) is 4.70 Å².